The average molecular weight is 924 g/mol. The van der Waals surface area contributed by atoms with Crippen molar-refractivity contribution in [3.63, 3.8) is 0 Å². The van der Waals surface area contributed by atoms with Gasteiger partial charge in [0.15, 0.2) is 5.96 Å². The Morgan fingerprint density at radius 3 is 1.55 bits per heavy atom. The quantitative estimate of drug-likeness (QED) is 0.0257. The largest absolute Gasteiger partial charge is 0.480 e. The highest BCUT2D eigenvalue weighted by Crippen LogP contribution is 2.30. The zero-order valence-electron chi connectivity index (χ0n) is 36.2. The summed E-state index contributed by atoms with van der Waals surface area (Å²) in [4.78, 5) is 138. The van der Waals surface area contributed by atoms with E-state index in [1.54, 1.807) is 0 Å². The third-order valence-corrected chi connectivity index (χ3v) is 11.9. The molecule has 4 heterocycles. The molecule has 0 aromatic carbocycles. The SMILES string of the molecule is C[C@@H](O)[C@H](N)C(=O)N1CCC1C(=O)N[C@@H](CCCN=C(N)N)C(=O)N[C@H](C(=O)N1CCC1C(=O)N1CCC1C(=O)N1CCC1C(=O)N[C@@H](CO)C(=O)N[C@@H](CCC(N)=O)C(=O)O)[C@@H](C)O. The Morgan fingerprint density at radius 2 is 1.11 bits per heavy atom. The predicted molar refractivity (Wildman–Crippen MR) is 223 cm³/mol. The standard InChI is InChI=1S/C38H61N13O14/c1-17(53)27(40)35(62)49-13-8-23(49)31(58)44-19(4-3-11-43-38(41)42)29(56)47-28(18(2)54)36(63)51-15-10-25(51)34(61)50-14-9-24(50)33(60)48-12-7-22(48)32(59)46-21(16-52)30(57)45-20(37(64)65)5-6-26(39)55/h17-25,27-28,52-54H,3-16,40H2,1-2H3,(H2,39,55)(H,44,58)(H,45,57)(H,46,59)(H,47,56)(H,64,65)(H4,41,42,43)/t17-,18-,19+,20+,21+,22?,23?,24?,25?,27+,28+/m1/s1. The molecule has 0 aromatic rings. The van der Waals surface area contributed by atoms with Crippen LogP contribution in [-0.2, 0) is 47.9 Å². The molecule has 0 radical (unpaired) electrons. The van der Waals surface area contributed by atoms with Crippen LogP contribution in [0.25, 0.3) is 0 Å². The Kier molecular flexibility index (Phi) is 17.9. The lowest BCUT2D eigenvalue weighted by atomic mass is 9.92. The molecule has 4 unspecified atom stereocenters. The second-order valence-corrected chi connectivity index (χ2v) is 16.5. The molecule has 4 rings (SSSR count). The number of likely N-dealkylation sites (tertiary alicyclic amines) is 4. The van der Waals surface area contributed by atoms with E-state index in [-0.39, 0.29) is 90.0 Å². The molecule has 11 atom stereocenters. The van der Waals surface area contributed by atoms with E-state index in [0.717, 1.165) is 4.90 Å². The highest BCUT2D eigenvalue weighted by molar-refractivity contribution is 6.00. The summed E-state index contributed by atoms with van der Waals surface area (Å²) in [6.45, 7) is 2.22. The van der Waals surface area contributed by atoms with E-state index in [1.807, 2.05) is 0 Å². The van der Waals surface area contributed by atoms with Gasteiger partial charge in [0, 0.05) is 39.1 Å². The fourth-order valence-corrected chi connectivity index (χ4v) is 7.58. The van der Waals surface area contributed by atoms with Crippen molar-refractivity contribution in [2.24, 2.45) is 27.9 Å². The highest BCUT2D eigenvalue weighted by Gasteiger charge is 2.51. The van der Waals surface area contributed by atoms with E-state index >= 15 is 0 Å². The van der Waals surface area contributed by atoms with Crippen LogP contribution in [-0.4, -0.2) is 211 Å². The molecule has 4 fully saturated rings. The molecule has 4 saturated heterocycles. The molecule has 0 aliphatic carbocycles. The van der Waals surface area contributed by atoms with E-state index in [4.69, 9.17) is 22.9 Å². The lowest BCUT2D eigenvalue weighted by Crippen LogP contribution is -2.70. The zero-order chi connectivity index (χ0) is 48.4. The maximum atomic E-state index is 13.9. The predicted octanol–water partition coefficient (Wildman–Crippen LogP) is -8.19. The Hall–Kier alpha value is -6.19. The van der Waals surface area contributed by atoms with E-state index in [9.17, 15) is 68.4 Å². The number of nitrogens with one attached hydrogen (secondary N) is 4. The minimum atomic E-state index is -1.60. The molecular formula is C38H61N13O14. The zero-order valence-corrected chi connectivity index (χ0v) is 36.2. The van der Waals surface area contributed by atoms with Crippen molar-refractivity contribution in [2.75, 3.05) is 39.3 Å². The van der Waals surface area contributed by atoms with Gasteiger partial charge in [-0.15, -0.1) is 0 Å². The molecule has 27 heteroatoms. The van der Waals surface area contributed by atoms with Gasteiger partial charge in [0.05, 0.1) is 18.8 Å². The molecule has 27 nitrogen and oxygen atoms in total. The highest BCUT2D eigenvalue weighted by atomic mass is 16.4. The van der Waals surface area contributed by atoms with Crippen LogP contribution in [0.2, 0.25) is 0 Å². The number of amides is 9. The van der Waals surface area contributed by atoms with Gasteiger partial charge < -0.3 is 84.2 Å². The van der Waals surface area contributed by atoms with Crippen LogP contribution >= 0.6 is 0 Å². The van der Waals surface area contributed by atoms with Crippen LogP contribution in [0.15, 0.2) is 4.99 Å². The lowest BCUT2D eigenvalue weighted by Gasteiger charge is -2.50. The summed E-state index contributed by atoms with van der Waals surface area (Å²) in [5, 5.41) is 49.2. The number of nitrogens with zero attached hydrogens (tertiary/aromatic N) is 5. The van der Waals surface area contributed by atoms with E-state index < -0.39 is 132 Å². The van der Waals surface area contributed by atoms with Gasteiger partial charge in [0.25, 0.3) is 0 Å². The van der Waals surface area contributed by atoms with Crippen LogP contribution in [0.1, 0.15) is 65.2 Å². The molecule has 4 aliphatic heterocycles. The summed E-state index contributed by atoms with van der Waals surface area (Å²) < 4.78 is 0. The number of carboxylic acid groups (broad SMARTS) is 1. The normalized spacial score (nSPS) is 23.1. The van der Waals surface area contributed by atoms with Crippen LogP contribution < -0.4 is 44.2 Å². The van der Waals surface area contributed by atoms with Crippen LogP contribution in [0.5, 0.6) is 0 Å². The number of hydrogen-bond acceptors (Lipinski definition) is 15. The maximum Gasteiger partial charge on any atom is 0.326 e. The van der Waals surface area contributed by atoms with E-state index in [2.05, 4.69) is 26.3 Å². The van der Waals surface area contributed by atoms with Gasteiger partial charge in [-0.05, 0) is 58.8 Å². The minimum absolute atomic E-state index is 0.0398. The number of nitrogens with two attached hydrogens (primary N) is 4. The Bertz CT molecular complexity index is 1880. The first kappa shape index (κ1) is 51.4. The van der Waals surface area contributed by atoms with Crippen LogP contribution in [0, 0.1) is 0 Å². The lowest BCUT2D eigenvalue weighted by molar-refractivity contribution is -0.168. The van der Waals surface area contributed by atoms with Gasteiger partial charge in [-0.1, -0.05) is 0 Å². The van der Waals surface area contributed by atoms with Crippen molar-refractivity contribution in [1.82, 2.24) is 40.9 Å². The summed E-state index contributed by atoms with van der Waals surface area (Å²) in [6, 6.07) is -11.5. The van der Waals surface area contributed by atoms with E-state index in [0.29, 0.717) is 0 Å². The van der Waals surface area contributed by atoms with E-state index in [1.165, 1.54) is 28.5 Å². The van der Waals surface area contributed by atoms with Crippen molar-refractivity contribution >= 4 is 65.1 Å². The van der Waals surface area contributed by atoms with Crippen LogP contribution in [0.4, 0.5) is 0 Å². The third-order valence-electron chi connectivity index (χ3n) is 11.9. The number of aliphatic carboxylic acids is 1. The van der Waals surface area contributed by atoms with Gasteiger partial charge in [-0.2, -0.15) is 0 Å². The summed E-state index contributed by atoms with van der Waals surface area (Å²) in [5.74, 6) is -8.60. The number of rotatable bonds is 23. The number of aliphatic hydroxyl groups excluding tert-OH is 3. The summed E-state index contributed by atoms with van der Waals surface area (Å²) in [5.41, 5.74) is 21.7. The maximum absolute atomic E-state index is 13.9. The molecule has 65 heavy (non-hydrogen) atoms. The number of hydrogen-bond donors (Lipinski definition) is 12. The molecule has 4 aliphatic rings. The number of aliphatic hydroxyl groups is 3. The van der Waals surface area contributed by atoms with Crippen LogP contribution in [0.3, 0.4) is 0 Å². The molecule has 0 aromatic heterocycles. The minimum Gasteiger partial charge on any atom is -0.480 e. The Balaban J connectivity index is 1.37. The first-order chi connectivity index (χ1) is 30.6. The van der Waals surface area contributed by atoms with Gasteiger partial charge in [0.2, 0.25) is 53.2 Å². The first-order valence-electron chi connectivity index (χ1n) is 21.3. The van der Waals surface area contributed by atoms with Gasteiger partial charge in [-0.3, -0.25) is 48.1 Å². The number of carbonyl (C=O) groups is 10. The summed E-state index contributed by atoms with van der Waals surface area (Å²) in [6.07, 6.45) is -2.40. The fourth-order valence-electron chi connectivity index (χ4n) is 7.58. The number of aliphatic imine (C=N–C) groups is 1. The number of carboxylic acids is 1. The Morgan fingerprint density at radius 1 is 0.631 bits per heavy atom. The molecule has 16 N–H and O–H groups in total. The second kappa shape index (κ2) is 22.6. The summed E-state index contributed by atoms with van der Waals surface area (Å²) in [7, 11) is 0. The number of guanidine groups is 1. The molecule has 362 valence electrons. The Labute approximate surface area is 373 Å². The molecule has 0 spiro atoms. The molecule has 9 amide bonds. The van der Waals surface area contributed by atoms with Crippen molar-refractivity contribution < 1.29 is 68.4 Å². The number of primary amides is 1. The topological polar surface area (TPSA) is 429 Å². The first-order valence-corrected chi connectivity index (χ1v) is 21.3. The number of carbonyl (C=O) groups excluding carboxylic acids is 9. The summed E-state index contributed by atoms with van der Waals surface area (Å²) >= 11 is 0. The molecule has 0 bridgehead atoms. The third kappa shape index (κ3) is 12.5. The second-order valence-electron chi connectivity index (χ2n) is 16.5. The van der Waals surface area contributed by atoms with Crippen molar-refractivity contribution in [3.8, 4) is 0 Å². The monoisotopic (exact) mass is 923 g/mol. The van der Waals surface area contributed by atoms with Crippen molar-refractivity contribution in [3.05, 3.63) is 0 Å². The van der Waals surface area contributed by atoms with Gasteiger partial charge in [0.1, 0.15) is 54.4 Å². The van der Waals surface area contributed by atoms with Crippen molar-refractivity contribution in [1.29, 1.82) is 0 Å². The average Bonchev–Trinajstić information content (AvgIpc) is 3.15. The van der Waals surface area contributed by atoms with Crippen molar-refractivity contribution in [2.45, 2.75) is 132 Å². The smallest absolute Gasteiger partial charge is 0.326 e. The molecule has 0 saturated carbocycles. The fraction of sp³-hybridized carbons (Fsp3) is 0.711. The molecular weight excluding hydrogens is 862 g/mol. The van der Waals surface area contributed by atoms with Gasteiger partial charge in [-0.25, -0.2) is 4.79 Å². The van der Waals surface area contributed by atoms with Gasteiger partial charge >= 0.3 is 5.97 Å².